The van der Waals surface area contributed by atoms with Crippen molar-refractivity contribution in [2.24, 2.45) is 0 Å². The molecule has 2 N–H and O–H groups in total. The van der Waals surface area contributed by atoms with Crippen LogP contribution in [0, 0.1) is 0 Å². The van der Waals surface area contributed by atoms with Crippen molar-refractivity contribution in [3.8, 4) is 0 Å². The van der Waals surface area contributed by atoms with Crippen molar-refractivity contribution in [3.05, 3.63) is 0 Å². The highest BCUT2D eigenvalue weighted by Crippen LogP contribution is 1.95. The molecule has 0 saturated heterocycles. The van der Waals surface area contributed by atoms with Gasteiger partial charge in [0.25, 0.3) is 0 Å². The van der Waals surface area contributed by atoms with E-state index in [2.05, 4.69) is 10.6 Å². The van der Waals surface area contributed by atoms with Crippen molar-refractivity contribution >= 4 is 10.8 Å². The molecule has 0 aliphatic rings. The van der Waals surface area contributed by atoms with Crippen molar-refractivity contribution in [2.75, 3.05) is 32.3 Å². The van der Waals surface area contributed by atoms with Crippen molar-refractivity contribution in [1.82, 2.24) is 10.6 Å². The van der Waals surface area contributed by atoms with E-state index in [0.717, 1.165) is 18.7 Å². The van der Waals surface area contributed by atoms with Crippen LogP contribution in [0.5, 0.6) is 0 Å². The van der Waals surface area contributed by atoms with Gasteiger partial charge in [-0.1, -0.05) is 6.42 Å². The van der Waals surface area contributed by atoms with Crippen LogP contribution in [0.1, 0.15) is 19.3 Å². The molecule has 0 rings (SSSR count). The first-order valence-electron chi connectivity index (χ1n) is 4.45. The molecule has 1 atom stereocenters. The molecule has 0 saturated carbocycles. The van der Waals surface area contributed by atoms with E-state index in [4.69, 9.17) is 0 Å². The van der Waals surface area contributed by atoms with Gasteiger partial charge >= 0.3 is 0 Å². The molecule has 0 amide bonds. The number of rotatable bonds is 8. The number of unbranched alkanes of at least 4 members (excludes halogenated alkanes) is 2. The van der Waals surface area contributed by atoms with Gasteiger partial charge in [0, 0.05) is 16.6 Å². The Bertz CT molecular complexity index is 120. The highest BCUT2D eigenvalue weighted by atomic mass is 32.2. The minimum Gasteiger partial charge on any atom is -0.320 e. The van der Waals surface area contributed by atoms with E-state index in [9.17, 15) is 4.21 Å². The van der Waals surface area contributed by atoms with Crippen LogP contribution in [0.25, 0.3) is 0 Å². The Labute approximate surface area is 77.8 Å². The molecule has 1 unspecified atom stereocenters. The first kappa shape index (κ1) is 12.1. The number of hydrogen-bond acceptors (Lipinski definition) is 3. The van der Waals surface area contributed by atoms with Crippen LogP contribution in [0.15, 0.2) is 0 Å². The average Bonchev–Trinajstić information content (AvgIpc) is 2.05. The molecule has 0 aromatic rings. The van der Waals surface area contributed by atoms with E-state index < -0.39 is 10.8 Å². The molecule has 0 aliphatic heterocycles. The summed E-state index contributed by atoms with van der Waals surface area (Å²) in [6.45, 7) is 1.07. The summed E-state index contributed by atoms with van der Waals surface area (Å²) in [5.74, 6) is 1.47. The summed E-state index contributed by atoms with van der Waals surface area (Å²) in [7, 11) is 3.13. The molecule has 0 aromatic heterocycles. The lowest BCUT2D eigenvalue weighted by Crippen LogP contribution is -2.16. The molecule has 4 heteroatoms. The summed E-state index contributed by atoms with van der Waals surface area (Å²) in [4.78, 5) is 0. The molecule has 12 heavy (non-hydrogen) atoms. The molecule has 0 fully saturated rings. The largest absolute Gasteiger partial charge is 0.320 e. The standard InChI is InChI=1S/C8H20N2OS/c1-9-6-4-3-5-7-12(11)8-10-2/h9-10H,3-8H2,1-2H3. The predicted molar refractivity (Wildman–Crippen MR) is 54.7 cm³/mol. The highest BCUT2D eigenvalue weighted by molar-refractivity contribution is 7.84. The fourth-order valence-corrected chi connectivity index (χ4v) is 1.97. The molecule has 0 radical (unpaired) electrons. The van der Waals surface area contributed by atoms with Gasteiger partial charge in [0.15, 0.2) is 0 Å². The Balaban J connectivity index is 3.03. The molecule has 0 aromatic carbocycles. The molecule has 0 spiro atoms. The van der Waals surface area contributed by atoms with E-state index in [1.165, 1.54) is 12.8 Å². The Kier molecular flexibility index (Phi) is 9.21. The minimum absolute atomic E-state index is 0.631. The summed E-state index contributed by atoms with van der Waals surface area (Å²) in [6.07, 6.45) is 3.44. The molecular formula is C8H20N2OS. The van der Waals surface area contributed by atoms with Crippen molar-refractivity contribution in [3.63, 3.8) is 0 Å². The Morgan fingerprint density at radius 2 is 1.83 bits per heavy atom. The van der Waals surface area contributed by atoms with E-state index >= 15 is 0 Å². The smallest absolute Gasteiger partial charge is 0.0720 e. The lowest BCUT2D eigenvalue weighted by molar-refractivity contribution is 0.653. The summed E-state index contributed by atoms with van der Waals surface area (Å²) in [5, 5.41) is 6.00. The zero-order valence-corrected chi connectivity index (χ0v) is 8.88. The van der Waals surface area contributed by atoms with E-state index in [1.807, 2.05) is 14.1 Å². The van der Waals surface area contributed by atoms with Gasteiger partial charge in [-0.05, 0) is 33.5 Å². The molecule has 0 bridgehead atoms. The van der Waals surface area contributed by atoms with Crippen molar-refractivity contribution < 1.29 is 4.21 Å². The zero-order valence-electron chi connectivity index (χ0n) is 8.06. The van der Waals surface area contributed by atoms with E-state index in [0.29, 0.717) is 5.88 Å². The highest BCUT2D eigenvalue weighted by Gasteiger charge is 1.96. The maximum absolute atomic E-state index is 11.1. The van der Waals surface area contributed by atoms with E-state index in [-0.39, 0.29) is 0 Å². The van der Waals surface area contributed by atoms with E-state index in [1.54, 1.807) is 0 Å². The van der Waals surface area contributed by atoms with Gasteiger partial charge < -0.3 is 10.6 Å². The molecule has 0 aliphatic carbocycles. The third-order valence-electron chi connectivity index (χ3n) is 1.60. The SMILES string of the molecule is CNCCCCCS(=O)CNC. The third-order valence-corrected chi connectivity index (χ3v) is 2.96. The summed E-state index contributed by atoms with van der Waals surface area (Å²) in [5.41, 5.74) is 0. The van der Waals surface area contributed by atoms with Gasteiger partial charge in [-0.3, -0.25) is 4.21 Å². The van der Waals surface area contributed by atoms with Gasteiger partial charge in [-0.25, -0.2) is 0 Å². The summed E-state index contributed by atoms with van der Waals surface area (Å²) in [6, 6.07) is 0. The second kappa shape index (κ2) is 9.16. The van der Waals surface area contributed by atoms with Crippen molar-refractivity contribution in [2.45, 2.75) is 19.3 Å². The summed E-state index contributed by atoms with van der Waals surface area (Å²) < 4.78 is 11.1. The molecule has 0 heterocycles. The molecular weight excluding hydrogens is 172 g/mol. The Hall–Kier alpha value is 0.0700. The van der Waals surface area contributed by atoms with Crippen LogP contribution >= 0.6 is 0 Å². The second-order valence-electron chi connectivity index (χ2n) is 2.81. The van der Waals surface area contributed by atoms with Gasteiger partial charge in [0.05, 0.1) is 5.88 Å². The van der Waals surface area contributed by atoms with Crippen molar-refractivity contribution in [1.29, 1.82) is 0 Å². The fraction of sp³-hybridized carbons (Fsp3) is 1.00. The minimum atomic E-state index is -0.657. The zero-order chi connectivity index (χ0) is 9.23. The lowest BCUT2D eigenvalue weighted by atomic mass is 10.2. The van der Waals surface area contributed by atoms with Crippen LogP contribution < -0.4 is 10.6 Å². The lowest BCUT2D eigenvalue weighted by Gasteiger charge is -2.01. The van der Waals surface area contributed by atoms with Crippen LogP contribution in [0.3, 0.4) is 0 Å². The second-order valence-corrected chi connectivity index (χ2v) is 4.38. The third kappa shape index (κ3) is 8.17. The normalized spacial score (nSPS) is 13.2. The Morgan fingerprint density at radius 1 is 1.08 bits per heavy atom. The van der Waals surface area contributed by atoms with Gasteiger partial charge in [0.2, 0.25) is 0 Å². The maximum atomic E-state index is 11.1. The average molecular weight is 192 g/mol. The Morgan fingerprint density at radius 3 is 2.42 bits per heavy atom. The van der Waals surface area contributed by atoms with Gasteiger partial charge in [-0.15, -0.1) is 0 Å². The monoisotopic (exact) mass is 192 g/mol. The topological polar surface area (TPSA) is 41.1 Å². The molecule has 3 nitrogen and oxygen atoms in total. The fourth-order valence-electron chi connectivity index (χ4n) is 0.975. The van der Waals surface area contributed by atoms with Crippen LogP contribution in [0.2, 0.25) is 0 Å². The van der Waals surface area contributed by atoms with Crippen LogP contribution in [0.4, 0.5) is 0 Å². The number of nitrogens with one attached hydrogen (secondary N) is 2. The molecule has 74 valence electrons. The maximum Gasteiger partial charge on any atom is 0.0720 e. The first-order chi connectivity index (χ1) is 5.81. The first-order valence-corrected chi connectivity index (χ1v) is 5.94. The number of hydrogen-bond donors (Lipinski definition) is 2. The van der Waals surface area contributed by atoms with Gasteiger partial charge in [-0.2, -0.15) is 0 Å². The van der Waals surface area contributed by atoms with Gasteiger partial charge in [0.1, 0.15) is 0 Å². The van der Waals surface area contributed by atoms with Crippen LogP contribution in [-0.2, 0) is 10.8 Å². The summed E-state index contributed by atoms with van der Waals surface area (Å²) >= 11 is 0. The predicted octanol–water partition coefficient (Wildman–Crippen LogP) is 0.302. The quantitative estimate of drug-likeness (QED) is 0.544. The van der Waals surface area contributed by atoms with Crippen LogP contribution in [-0.4, -0.2) is 36.5 Å².